The van der Waals surface area contributed by atoms with Crippen molar-refractivity contribution in [2.24, 2.45) is 0 Å². The predicted molar refractivity (Wildman–Crippen MR) is 99.6 cm³/mol. The maximum atomic E-state index is 13.0. The van der Waals surface area contributed by atoms with Gasteiger partial charge in [0, 0.05) is 44.5 Å². The summed E-state index contributed by atoms with van der Waals surface area (Å²) in [6.07, 6.45) is 0.382. The fourth-order valence-electron chi connectivity index (χ4n) is 3.67. The number of hydrogen-bond acceptors (Lipinski definition) is 5. The summed E-state index contributed by atoms with van der Waals surface area (Å²) in [4.78, 5) is 30.2. The Balaban J connectivity index is 1.59. The van der Waals surface area contributed by atoms with E-state index in [4.69, 9.17) is 0 Å². The number of carbonyl (C=O) groups excluding carboxylic acids is 2. The average molecular weight is 397 g/mol. The SMILES string of the molecule is CCN(C(=O)C(=O)N1CCN(c2ccc(F)cc2)CC1)C1CCS(=O)(=O)C1. The molecule has 3 rings (SSSR count). The number of hydrogen-bond donors (Lipinski definition) is 0. The first-order valence-electron chi connectivity index (χ1n) is 9.11. The van der Waals surface area contributed by atoms with E-state index in [1.54, 1.807) is 19.1 Å². The molecule has 2 heterocycles. The van der Waals surface area contributed by atoms with E-state index in [1.807, 2.05) is 4.90 Å². The fourth-order valence-corrected chi connectivity index (χ4v) is 5.40. The highest BCUT2D eigenvalue weighted by atomic mass is 32.2. The van der Waals surface area contributed by atoms with Crippen molar-refractivity contribution < 1.29 is 22.4 Å². The van der Waals surface area contributed by atoms with Crippen LogP contribution >= 0.6 is 0 Å². The zero-order valence-electron chi connectivity index (χ0n) is 15.3. The number of rotatable bonds is 3. The summed E-state index contributed by atoms with van der Waals surface area (Å²) in [6, 6.07) is 5.75. The molecule has 1 unspecified atom stereocenters. The number of halogens is 1. The third-order valence-electron chi connectivity index (χ3n) is 5.19. The van der Waals surface area contributed by atoms with Crippen LogP contribution in [-0.4, -0.2) is 80.3 Å². The molecule has 2 saturated heterocycles. The van der Waals surface area contributed by atoms with Gasteiger partial charge in [0.2, 0.25) is 0 Å². The minimum atomic E-state index is -3.13. The van der Waals surface area contributed by atoms with Gasteiger partial charge in [-0.3, -0.25) is 9.59 Å². The van der Waals surface area contributed by atoms with E-state index in [-0.39, 0.29) is 17.3 Å². The lowest BCUT2D eigenvalue weighted by Crippen LogP contribution is -2.55. The lowest BCUT2D eigenvalue weighted by atomic mass is 10.2. The monoisotopic (exact) mass is 397 g/mol. The van der Waals surface area contributed by atoms with Crippen molar-refractivity contribution in [3.05, 3.63) is 30.1 Å². The molecule has 0 saturated carbocycles. The molecule has 148 valence electrons. The number of amides is 2. The highest BCUT2D eigenvalue weighted by Crippen LogP contribution is 2.20. The topological polar surface area (TPSA) is 78.0 Å². The molecule has 1 aromatic carbocycles. The minimum absolute atomic E-state index is 0.0615. The third kappa shape index (κ3) is 4.40. The number of nitrogens with zero attached hydrogens (tertiary/aromatic N) is 3. The highest BCUT2D eigenvalue weighted by Gasteiger charge is 2.37. The molecule has 1 aromatic rings. The lowest BCUT2D eigenvalue weighted by Gasteiger charge is -2.37. The molecule has 27 heavy (non-hydrogen) atoms. The van der Waals surface area contributed by atoms with Gasteiger partial charge in [-0.05, 0) is 37.6 Å². The van der Waals surface area contributed by atoms with Crippen molar-refractivity contribution in [2.45, 2.75) is 19.4 Å². The van der Waals surface area contributed by atoms with Crippen LogP contribution in [0.5, 0.6) is 0 Å². The van der Waals surface area contributed by atoms with Gasteiger partial charge in [-0.2, -0.15) is 0 Å². The van der Waals surface area contributed by atoms with E-state index in [0.717, 1.165) is 5.69 Å². The van der Waals surface area contributed by atoms with Crippen molar-refractivity contribution in [2.75, 3.05) is 49.1 Å². The Morgan fingerprint density at radius 1 is 1.15 bits per heavy atom. The summed E-state index contributed by atoms with van der Waals surface area (Å²) in [5, 5.41) is 0. The van der Waals surface area contributed by atoms with Crippen molar-refractivity contribution in [1.82, 2.24) is 9.80 Å². The molecular weight excluding hydrogens is 373 g/mol. The van der Waals surface area contributed by atoms with E-state index in [1.165, 1.54) is 21.9 Å². The van der Waals surface area contributed by atoms with E-state index >= 15 is 0 Å². The van der Waals surface area contributed by atoms with Gasteiger partial charge in [-0.15, -0.1) is 0 Å². The van der Waals surface area contributed by atoms with E-state index in [2.05, 4.69) is 0 Å². The van der Waals surface area contributed by atoms with Crippen LogP contribution in [0.15, 0.2) is 24.3 Å². The van der Waals surface area contributed by atoms with Crippen molar-refractivity contribution in [3.8, 4) is 0 Å². The molecule has 0 aromatic heterocycles. The lowest BCUT2D eigenvalue weighted by molar-refractivity contribution is -0.153. The maximum Gasteiger partial charge on any atom is 0.312 e. The normalized spacial score (nSPS) is 21.9. The smallest absolute Gasteiger partial charge is 0.312 e. The second-order valence-corrected chi connectivity index (χ2v) is 9.13. The predicted octanol–water partition coefficient (Wildman–Crippen LogP) is 0.510. The van der Waals surface area contributed by atoms with Crippen molar-refractivity contribution in [3.63, 3.8) is 0 Å². The van der Waals surface area contributed by atoms with Crippen LogP contribution in [0.1, 0.15) is 13.3 Å². The average Bonchev–Trinajstić information content (AvgIpc) is 3.02. The van der Waals surface area contributed by atoms with Gasteiger partial charge < -0.3 is 14.7 Å². The van der Waals surface area contributed by atoms with Crippen LogP contribution in [0.25, 0.3) is 0 Å². The molecule has 2 amide bonds. The molecule has 0 N–H and O–H groups in total. The summed E-state index contributed by atoms with van der Waals surface area (Å²) in [5.74, 6) is -1.52. The molecule has 0 aliphatic carbocycles. The number of piperazine rings is 1. The Morgan fingerprint density at radius 3 is 2.30 bits per heavy atom. The first-order valence-corrected chi connectivity index (χ1v) is 10.9. The molecule has 2 aliphatic rings. The van der Waals surface area contributed by atoms with Crippen LogP contribution in [0.4, 0.5) is 10.1 Å². The van der Waals surface area contributed by atoms with Crippen LogP contribution in [0, 0.1) is 5.82 Å². The molecule has 2 fully saturated rings. The van der Waals surface area contributed by atoms with Gasteiger partial charge in [0.15, 0.2) is 9.84 Å². The van der Waals surface area contributed by atoms with E-state index in [9.17, 15) is 22.4 Å². The zero-order chi connectivity index (χ0) is 19.6. The van der Waals surface area contributed by atoms with Crippen LogP contribution in [0.2, 0.25) is 0 Å². The Kier molecular flexibility index (Phi) is 5.69. The molecular formula is C18H24FN3O4S. The highest BCUT2D eigenvalue weighted by molar-refractivity contribution is 7.91. The van der Waals surface area contributed by atoms with Gasteiger partial charge in [0.25, 0.3) is 0 Å². The Morgan fingerprint density at radius 2 is 1.78 bits per heavy atom. The quantitative estimate of drug-likeness (QED) is 0.695. The fraction of sp³-hybridized carbons (Fsp3) is 0.556. The van der Waals surface area contributed by atoms with Gasteiger partial charge >= 0.3 is 11.8 Å². The zero-order valence-corrected chi connectivity index (χ0v) is 16.1. The number of carbonyl (C=O) groups is 2. The number of likely N-dealkylation sites (N-methyl/N-ethyl adjacent to an activating group) is 1. The number of sulfone groups is 1. The second-order valence-electron chi connectivity index (χ2n) is 6.90. The first-order chi connectivity index (χ1) is 12.8. The number of anilines is 1. The van der Waals surface area contributed by atoms with Gasteiger partial charge in [-0.1, -0.05) is 0 Å². The first kappa shape index (κ1) is 19.6. The van der Waals surface area contributed by atoms with Crippen LogP contribution in [0.3, 0.4) is 0 Å². The van der Waals surface area contributed by atoms with E-state index < -0.39 is 27.7 Å². The summed E-state index contributed by atoms with van der Waals surface area (Å²) in [7, 11) is -3.13. The second kappa shape index (κ2) is 7.84. The summed E-state index contributed by atoms with van der Waals surface area (Å²) >= 11 is 0. The number of benzene rings is 1. The van der Waals surface area contributed by atoms with Crippen LogP contribution in [-0.2, 0) is 19.4 Å². The molecule has 9 heteroatoms. The van der Waals surface area contributed by atoms with Gasteiger partial charge in [0.05, 0.1) is 11.5 Å². The third-order valence-corrected chi connectivity index (χ3v) is 6.94. The Bertz CT molecular complexity index is 804. The molecule has 0 spiro atoms. The standard InChI is InChI=1S/C18H24FN3O4S/c1-2-22(16-7-12-27(25,26)13-16)18(24)17(23)21-10-8-20(9-11-21)15-5-3-14(19)4-6-15/h3-6,16H,2,7-13H2,1H3. The molecule has 2 aliphatic heterocycles. The van der Waals surface area contributed by atoms with Crippen molar-refractivity contribution in [1.29, 1.82) is 0 Å². The van der Waals surface area contributed by atoms with E-state index in [0.29, 0.717) is 39.1 Å². The van der Waals surface area contributed by atoms with Gasteiger partial charge in [-0.25, -0.2) is 12.8 Å². The molecule has 1 atom stereocenters. The maximum absolute atomic E-state index is 13.0. The molecule has 7 nitrogen and oxygen atoms in total. The minimum Gasteiger partial charge on any atom is -0.368 e. The summed E-state index contributed by atoms with van der Waals surface area (Å²) in [5.41, 5.74) is 0.876. The van der Waals surface area contributed by atoms with Crippen molar-refractivity contribution >= 4 is 27.3 Å². The Labute approximate surface area is 158 Å². The summed E-state index contributed by atoms with van der Waals surface area (Å²) in [6.45, 7) is 3.94. The van der Waals surface area contributed by atoms with Crippen LogP contribution < -0.4 is 4.90 Å². The molecule has 0 bridgehead atoms. The Hall–Kier alpha value is -2.16. The summed E-state index contributed by atoms with van der Waals surface area (Å²) < 4.78 is 36.4. The van der Waals surface area contributed by atoms with Gasteiger partial charge in [0.1, 0.15) is 5.82 Å². The molecule has 0 radical (unpaired) electrons. The largest absolute Gasteiger partial charge is 0.368 e.